The highest BCUT2D eigenvalue weighted by Gasteiger charge is 2.70. The van der Waals surface area contributed by atoms with Crippen molar-refractivity contribution < 1.29 is 8.91 Å². The van der Waals surface area contributed by atoms with Crippen molar-refractivity contribution in [1.82, 2.24) is 19.3 Å². The third kappa shape index (κ3) is 2.11. The Balaban J connectivity index is 1.42. The number of pyridine rings is 1. The van der Waals surface area contributed by atoms with Gasteiger partial charge in [0.15, 0.2) is 5.76 Å². The molecule has 0 atom stereocenters. The molecule has 0 aromatic carbocycles. The smallest absolute Gasteiger partial charge is 0.316 e. The Morgan fingerprint density at radius 2 is 1.96 bits per heavy atom. The molecule has 6 rings (SSSR count). The molecule has 0 amide bonds. The summed E-state index contributed by atoms with van der Waals surface area (Å²) in [5.74, 6) is 0.490. The summed E-state index contributed by atoms with van der Waals surface area (Å²) < 4.78 is 21.7. The zero-order valence-electron chi connectivity index (χ0n) is 13.8. The van der Waals surface area contributed by atoms with Gasteiger partial charge in [0.2, 0.25) is 0 Å². The van der Waals surface area contributed by atoms with Crippen LogP contribution >= 0.6 is 0 Å². The maximum atomic E-state index is 13.7. The van der Waals surface area contributed by atoms with Gasteiger partial charge in [-0.2, -0.15) is 0 Å². The molecule has 7 nitrogen and oxygen atoms in total. The Bertz CT molecular complexity index is 1100. The van der Waals surface area contributed by atoms with E-state index in [0.29, 0.717) is 36.4 Å². The largest absolute Gasteiger partial charge is 0.354 e. The molecule has 26 heavy (non-hydrogen) atoms. The van der Waals surface area contributed by atoms with Gasteiger partial charge in [-0.05, 0) is 12.1 Å². The molecule has 3 aliphatic carbocycles. The molecule has 3 saturated carbocycles. The molecule has 3 aliphatic rings. The van der Waals surface area contributed by atoms with E-state index in [9.17, 15) is 14.0 Å². The fourth-order valence-electron chi connectivity index (χ4n) is 4.07. The first-order valence-corrected chi connectivity index (χ1v) is 8.37. The van der Waals surface area contributed by atoms with Gasteiger partial charge < -0.3 is 13.7 Å². The second-order valence-electron chi connectivity index (χ2n) is 7.21. The summed E-state index contributed by atoms with van der Waals surface area (Å²) >= 11 is 0. The number of nitrogens with zero attached hydrogens (tertiary/aromatic N) is 4. The molecule has 3 heterocycles. The third-order valence-corrected chi connectivity index (χ3v) is 5.32. The zero-order chi connectivity index (χ0) is 17.9. The minimum Gasteiger partial charge on any atom is -0.354 e. The highest BCUT2D eigenvalue weighted by Crippen LogP contribution is 2.66. The maximum Gasteiger partial charge on any atom is 0.316 e. The van der Waals surface area contributed by atoms with Crippen LogP contribution in [0, 0.1) is 0 Å². The number of aromatic nitrogens is 4. The number of rotatable bonds is 4. The van der Waals surface area contributed by atoms with Crippen molar-refractivity contribution in [2.45, 2.75) is 37.0 Å². The zero-order valence-corrected chi connectivity index (χ0v) is 13.8. The van der Waals surface area contributed by atoms with Crippen LogP contribution in [0.15, 0.2) is 57.0 Å². The summed E-state index contributed by atoms with van der Waals surface area (Å²) in [5.41, 5.74) is -1.74. The van der Waals surface area contributed by atoms with Crippen molar-refractivity contribution >= 4 is 0 Å². The van der Waals surface area contributed by atoms with E-state index < -0.39 is 22.3 Å². The van der Waals surface area contributed by atoms with Crippen LogP contribution in [0.3, 0.4) is 0 Å². The van der Waals surface area contributed by atoms with Gasteiger partial charge in [-0.1, -0.05) is 11.2 Å². The molecular formula is C18H15FN4O3. The molecule has 0 spiro atoms. The summed E-state index contributed by atoms with van der Waals surface area (Å²) in [7, 11) is 0. The van der Waals surface area contributed by atoms with Crippen molar-refractivity contribution in [2.24, 2.45) is 0 Å². The molecule has 0 aliphatic heterocycles. The van der Waals surface area contributed by atoms with E-state index in [1.807, 2.05) is 6.07 Å². The molecular weight excluding hydrogens is 339 g/mol. The van der Waals surface area contributed by atoms with Crippen molar-refractivity contribution in [1.29, 1.82) is 0 Å². The van der Waals surface area contributed by atoms with Crippen LogP contribution < -0.4 is 11.1 Å². The monoisotopic (exact) mass is 354 g/mol. The van der Waals surface area contributed by atoms with Gasteiger partial charge in [-0.25, -0.2) is 4.39 Å². The quantitative estimate of drug-likeness (QED) is 0.666. The third-order valence-electron chi connectivity index (χ3n) is 5.32. The van der Waals surface area contributed by atoms with Gasteiger partial charge in [0, 0.05) is 43.9 Å². The van der Waals surface area contributed by atoms with E-state index in [2.05, 4.69) is 10.1 Å². The molecule has 3 aromatic rings. The first-order valence-electron chi connectivity index (χ1n) is 8.37. The van der Waals surface area contributed by atoms with E-state index in [1.54, 1.807) is 36.8 Å². The van der Waals surface area contributed by atoms with E-state index in [-0.39, 0.29) is 6.54 Å². The van der Waals surface area contributed by atoms with Crippen LogP contribution in [0.4, 0.5) is 4.39 Å². The van der Waals surface area contributed by atoms with Crippen LogP contribution in [0.2, 0.25) is 0 Å². The highest BCUT2D eigenvalue weighted by atomic mass is 19.1. The lowest BCUT2D eigenvalue weighted by molar-refractivity contribution is -0.199. The fourth-order valence-corrected chi connectivity index (χ4v) is 4.07. The standard InChI is InChI=1S/C18H15FN4O3/c19-17-9-18(10-17,11-17)23-6-5-22(15(24)16(23)25)8-12-7-14(26-21-12)13-3-1-2-4-20-13/h1-7H,8-11H2. The summed E-state index contributed by atoms with van der Waals surface area (Å²) in [6.07, 6.45) is 5.72. The Morgan fingerprint density at radius 1 is 1.15 bits per heavy atom. The Hall–Kier alpha value is -3.03. The van der Waals surface area contributed by atoms with Crippen molar-refractivity contribution in [3.63, 3.8) is 0 Å². The average Bonchev–Trinajstić information content (AvgIpc) is 3.05. The first-order chi connectivity index (χ1) is 12.5. The lowest BCUT2D eigenvalue weighted by Crippen LogP contribution is -2.72. The van der Waals surface area contributed by atoms with Gasteiger partial charge >= 0.3 is 11.1 Å². The summed E-state index contributed by atoms with van der Waals surface area (Å²) in [4.78, 5) is 29.0. The summed E-state index contributed by atoms with van der Waals surface area (Å²) in [6.45, 7) is 0.116. The predicted molar refractivity (Wildman–Crippen MR) is 89.5 cm³/mol. The van der Waals surface area contributed by atoms with E-state index in [1.165, 1.54) is 9.13 Å². The molecule has 3 aromatic heterocycles. The number of hydrogen-bond donors (Lipinski definition) is 0. The van der Waals surface area contributed by atoms with Crippen LogP contribution in [0.25, 0.3) is 11.5 Å². The van der Waals surface area contributed by atoms with Crippen molar-refractivity contribution in [3.8, 4) is 11.5 Å². The minimum absolute atomic E-state index is 0.116. The van der Waals surface area contributed by atoms with Crippen LogP contribution in [0.1, 0.15) is 25.0 Å². The van der Waals surface area contributed by atoms with E-state index >= 15 is 0 Å². The van der Waals surface area contributed by atoms with E-state index in [0.717, 1.165) is 0 Å². The minimum atomic E-state index is -1.13. The second kappa shape index (κ2) is 5.00. The second-order valence-corrected chi connectivity index (χ2v) is 7.21. The molecule has 0 radical (unpaired) electrons. The maximum absolute atomic E-state index is 13.7. The number of hydrogen-bond acceptors (Lipinski definition) is 5. The van der Waals surface area contributed by atoms with Crippen molar-refractivity contribution in [3.05, 3.63) is 69.3 Å². The van der Waals surface area contributed by atoms with Crippen molar-refractivity contribution in [2.75, 3.05) is 0 Å². The normalized spacial score (nSPS) is 26.2. The average molecular weight is 354 g/mol. The molecule has 8 heteroatoms. The summed E-state index contributed by atoms with van der Waals surface area (Å²) in [6, 6.07) is 7.11. The molecule has 0 N–H and O–H groups in total. The molecule has 132 valence electrons. The van der Waals surface area contributed by atoms with Crippen LogP contribution in [-0.2, 0) is 12.1 Å². The summed E-state index contributed by atoms with van der Waals surface area (Å²) in [5, 5.41) is 3.94. The Kier molecular flexibility index (Phi) is 2.93. The molecule has 0 unspecified atom stereocenters. The van der Waals surface area contributed by atoms with Gasteiger partial charge in [0.1, 0.15) is 17.1 Å². The SMILES string of the molecule is O=c1c(=O)n(C23CC(F)(C2)C3)ccn1Cc1cc(-c2ccccn2)on1. The van der Waals surface area contributed by atoms with E-state index in [4.69, 9.17) is 4.52 Å². The molecule has 0 saturated heterocycles. The van der Waals surface area contributed by atoms with Gasteiger partial charge in [0.25, 0.3) is 0 Å². The van der Waals surface area contributed by atoms with Crippen LogP contribution in [-0.4, -0.2) is 24.9 Å². The topological polar surface area (TPSA) is 82.9 Å². The van der Waals surface area contributed by atoms with Gasteiger partial charge in [0.05, 0.1) is 12.1 Å². The Morgan fingerprint density at radius 3 is 2.65 bits per heavy atom. The molecule has 2 bridgehead atoms. The predicted octanol–water partition coefficient (Wildman–Crippen LogP) is 1.71. The number of alkyl halides is 1. The van der Waals surface area contributed by atoms with Crippen LogP contribution in [0.5, 0.6) is 0 Å². The lowest BCUT2D eigenvalue weighted by atomic mass is 9.47. The van der Waals surface area contributed by atoms with Gasteiger partial charge in [-0.3, -0.25) is 14.6 Å². The molecule has 3 fully saturated rings. The number of halogens is 1. The van der Waals surface area contributed by atoms with Gasteiger partial charge in [-0.15, -0.1) is 0 Å². The lowest BCUT2D eigenvalue weighted by Gasteiger charge is -2.65. The Labute approximate surface area is 146 Å². The highest BCUT2D eigenvalue weighted by molar-refractivity contribution is 5.51. The fraction of sp³-hybridized carbons (Fsp3) is 0.333. The first kappa shape index (κ1) is 15.2.